The molecule has 66 valence electrons. The number of carbonyl (C=O) groups is 1. The van der Waals surface area contributed by atoms with Gasteiger partial charge in [-0.05, 0) is 12.2 Å². The van der Waals surface area contributed by atoms with Crippen molar-refractivity contribution in [2.75, 3.05) is 11.5 Å². The fourth-order valence-electron chi connectivity index (χ4n) is 1.06. The molecule has 1 fully saturated rings. The topological polar surface area (TPSA) is 63.3 Å². The summed E-state index contributed by atoms with van der Waals surface area (Å²) in [5.41, 5.74) is 5.34. The van der Waals surface area contributed by atoms with E-state index in [9.17, 15) is 4.79 Å². The van der Waals surface area contributed by atoms with Crippen LogP contribution < -0.4 is 5.73 Å². The monoisotopic (exact) mass is 197 g/mol. The third kappa shape index (κ3) is 3.31. The Morgan fingerprint density at radius 3 is 2.73 bits per heavy atom. The van der Waals surface area contributed by atoms with Gasteiger partial charge in [-0.2, -0.15) is 11.8 Å². The van der Waals surface area contributed by atoms with E-state index in [4.69, 9.17) is 10.8 Å². The molecule has 0 aromatic carbocycles. The molecule has 0 amide bonds. The van der Waals surface area contributed by atoms with Gasteiger partial charge in [0.25, 0.3) is 0 Å². The lowest BCUT2D eigenvalue weighted by Crippen LogP contribution is -2.41. The van der Waals surface area contributed by atoms with Crippen molar-refractivity contribution in [1.29, 1.82) is 0 Å². The molecule has 1 atom stereocenters. The summed E-state index contributed by atoms with van der Waals surface area (Å²) in [6.45, 7) is 0. The third-order valence-electron chi connectivity index (χ3n) is 1.64. The molecule has 0 radical (unpaired) electrons. The van der Waals surface area contributed by atoms with E-state index in [1.807, 2.05) is 0 Å². The molecule has 0 aromatic heterocycles. The van der Waals surface area contributed by atoms with Gasteiger partial charge < -0.3 is 10.8 Å². The van der Waals surface area contributed by atoms with Crippen LogP contribution in [0.1, 0.15) is 12.8 Å². The summed E-state index contributed by atoms with van der Waals surface area (Å²) in [6, 6.07) is 0. The van der Waals surface area contributed by atoms with E-state index in [0.29, 0.717) is 0 Å². The maximum absolute atomic E-state index is 10.3. The Labute approximate surface area is 76.1 Å². The molecule has 1 aliphatic heterocycles. The van der Waals surface area contributed by atoms with Crippen LogP contribution in [0.4, 0.5) is 0 Å². The summed E-state index contributed by atoms with van der Waals surface area (Å²) >= 11 is 1.73. The molecule has 1 heterocycles. The SMILES string of the molecule is Cl.NC1(CC(=O)O)CCSC1. The lowest BCUT2D eigenvalue weighted by Gasteiger charge is -2.18. The number of carboxylic acids is 1. The van der Waals surface area contributed by atoms with Crippen LogP contribution in [-0.2, 0) is 4.79 Å². The van der Waals surface area contributed by atoms with Gasteiger partial charge in [0.2, 0.25) is 0 Å². The second-order valence-corrected chi connectivity index (χ2v) is 3.84. The zero-order chi connectivity index (χ0) is 7.61. The van der Waals surface area contributed by atoms with E-state index in [0.717, 1.165) is 17.9 Å². The van der Waals surface area contributed by atoms with Crippen LogP contribution in [0, 0.1) is 0 Å². The highest BCUT2D eigenvalue weighted by molar-refractivity contribution is 7.99. The largest absolute Gasteiger partial charge is 0.481 e. The Morgan fingerprint density at radius 2 is 2.36 bits per heavy atom. The van der Waals surface area contributed by atoms with Crippen LogP contribution >= 0.6 is 24.2 Å². The van der Waals surface area contributed by atoms with Crippen molar-refractivity contribution in [1.82, 2.24) is 0 Å². The fraction of sp³-hybridized carbons (Fsp3) is 0.833. The Morgan fingerprint density at radius 1 is 1.73 bits per heavy atom. The van der Waals surface area contributed by atoms with Crippen molar-refractivity contribution >= 4 is 30.1 Å². The molecule has 0 aliphatic carbocycles. The van der Waals surface area contributed by atoms with Gasteiger partial charge in [-0.1, -0.05) is 0 Å². The van der Waals surface area contributed by atoms with Crippen molar-refractivity contribution in [3.63, 3.8) is 0 Å². The van der Waals surface area contributed by atoms with Gasteiger partial charge in [0.05, 0.1) is 6.42 Å². The minimum absolute atomic E-state index is 0. The smallest absolute Gasteiger partial charge is 0.305 e. The molecule has 1 rings (SSSR count). The average Bonchev–Trinajstić information content (AvgIpc) is 2.12. The van der Waals surface area contributed by atoms with Crippen molar-refractivity contribution in [3.05, 3.63) is 0 Å². The lowest BCUT2D eigenvalue weighted by molar-refractivity contribution is -0.138. The maximum atomic E-state index is 10.3. The average molecular weight is 198 g/mol. The van der Waals surface area contributed by atoms with Crippen LogP contribution in [0.15, 0.2) is 0 Å². The van der Waals surface area contributed by atoms with Gasteiger partial charge in [-0.15, -0.1) is 12.4 Å². The normalized spacial score (nSPS) is 29.5. The number of carboxylic acid groups (broad SMARTS) is 1. The summed E-state index contributed by atoms with van der Waals surface area (Å²) in [5, 5.41) is 8.45. The summed E-state index contributed by atoms with van der Waals surface area (Å²) in [7, 11) is 0. The molecule has 0 aromatic rings. The van der Waals surface area contributed by atoms with Crippen LogP contribution in [-0.4, -0.2) is 28.1 Å². The Kier molecular flexibility index (Phi) is 4.21. The Hall–Kier alpha value is 0.0700. The molecule has 5 heteroatoms. The molecule has 3 N–H and O–H groups in total. The highest BCUT2D eigenvalue weighted by atomic mass is 35.5. The first kappa shape index (κ1) is 11.1. The maximum Gasteiger partial charge on any atom is 0.305 e. The molecule has 11 heavy (non-hydrogen) atoms. The van der Waals surface area contributed by atoms with Gasteiger partial charge in [0, 0.05) is 11.3 Å². The number of hydrogen-bond acceptors (Lipinski definition) is 3. The third-order valence-corrected chi connectivity index (χ3v) is 2.91. The van der Waals surface area contributed by atoms with Crippen LogP contribution in [0.2, 0.25) is 0 Å². The summed E-state index contributed by atoms with van der Waals surface area (Å²) in [4.78, 5) is 10.3. The second-order valence-electron chi connectivity index (χ2n) is 2.74. The van der Waals surface area contributed by atoms with Crippen LogP contribution in [0.25, 0.3) is 0 Å². The van der Waals surface area contributed by atoms with E-state index in [2.05, 4.69) is 0 Å². The first-order chi connectivity index (χ1) is 4.62. The van der Waals surface area contributed by atoms with E-state index < -0.39 is 11.5 Å². The summed E-state index contributed by atoms with van der Waals surface area (Å²) < 4.78 is 0. The van der Waals surface area contributed by atoms with E-state index in [1.165, 1.54) is 0 Å². The van der Waals surface area contributed by atoms with Crippen LogP contribution in [0.3, 0.4) is 0 Å². The highest BCUT2D eigenvalue weighted by Crippen LogP contribution is 2.28. The number of aliphatic carboxylic acids is 1. The lowest BCUT2D eigenvalue weighted by atomic mass is 9.96. The van der Waals surface area contributed by atoms with Gasteiger partial charge >= 0.3 is 5.97 Å². The minimum Gasteiger partial charge on any atom is -0.481 e. The van der Waals surface area contributed by atoms with Gasteiger partial charge in [-0.25, -0.2) is 0 Å². The number of nitrogens with two attached hydrogens (primary N) is 1. The van der Waals surface area contributed by atoms with Crippen molar-refractivity contribution in [3.8, 4) is 0 Å². The molecule has 0 spiro atoms. The van der Waals surface area contributed by atoms with E-state index in [1.54, 1.807) is 11.8 Å². The van der Waals surface area contributed by atoms with E-state index in [-0.39, 0.29) is 18.8 Å². The number of rotatable bonds is 2. The van der Waals surface area contributed by atoms with Crippen molar-refractivity contribution < 1.29 is 9.90 Å². The zero-order valence-electron chi connectivity index (χ0n) is 6.08. The predicted octanol–water partition coefficient (Wildman–Crippen LogP) is 0.717. The summed E-state index contributed by atoms with van der Waals surface area (Å²) in [6.07, 6.45) is 0.948. The first-order valence-electron chi connectivity index (χ1n) is 3.21. The second kappa shape index (κ2) is 4.18. The molecular weight excluding hydrogens is 186 g/mol. The van der Waals surface area contributed by atoms with Crippen molar-refractivity contribution in [2.24, 2.45) is 5.73 Å². The highest BCUT2D eigenvalue weighted by Gasteiger charge is 2.31. The minimum atomic E-state index is -0.787. The molecule has 1 aliphatic rings. The fourth-order valence-corrected chi connectivity index (χ4v) is 2.41. The Balaban J connectivity index is 0.000001000. The molecule has 0 bridgehead atoms. The molecule has 1 unspecified atom stereocenters. The summed E-state index contributed by atoms with van der Waals surface area (Å²) in [5.74, 6) is 1.01. The van der Waals surface area contributed by atoms with E-state index >= 15 is 0 Å². The predicted molar refractivity (Wildman–Crippen MR) is 48.4 cm³/mol. The first-order valence-corrected chi connectivity index (χ1v) is 4.36. The number of hydrogen-bond donors (Lipinski definition) is 2. The standard InChI is InChI=1S/C6H11NO2S.ClH/c7-6(3-5(8)9)1-2-10-4-6;/h1-4,7H2,(H,8,9);1H. The van der Waals surface area contributed by atoms with Gasteiger partial charge in [-0.3, -0.25) is 4.79 Å². The zero-order valence-corrected chi connectivity index (χ0v) is 7.71. The molecule has 0 saturated carbocycles. The van der Waals surface area contributed by atoms with Gasteiger partial charge in [0.15, 0.2) is 0 Å². The molecular formula is C6H12ClNO2S. The number of halogens is 1. The molecule has 1 saturated heterocycles. The molecule has 3 nitrogen and oxygen atoms in total. The van der Waals surface area contributed by atoms with Crippen LogP contribution in [0.5, 0.6) is 0 Å². The quantitative estimate of drug-likeness (QED) is 0.685. The van der Waals surface area contributed by atoms with Gasteiger partial charge in [0.1, 0.15) is 0 Å². The van der Waals surface area contributed by atoms with Crippen molar-refractivity contribution in [2.45, 2.75) is 18.4 Å². The Bertz CT molecular complexity index is 148. The number of thioether (sulfide) groups is 1.